The number of nitrogens with one attached hydrogen (secondary N) is 2. The fourth-order valence-corrected chi connectivity index (χ4v) is 3.75. The topological polar surface area (TPSA) is 138 Å². The van der Waals surface area contributed by atoms with Crippen molar-refractivity contribution in [2.45, 2.75) is 6.54 Å². The molecule has 4 aromatic carbocycles. The largest absolute Gasteiger partial charge is 0.508 e. The number of carbonyl (C=O) groups excluding carboxylic acids is 1. The van der Waals surface area contributed by atoms with Crippen molar-refractivity contribution >= 4 is 23.7 Å². The fourth-order valence-electron chi connectivity index (χ4n) is 3.57. The molecule has 202 valence electrons. The van der Waals surface area contributed by atoms with Crippen molar-refractivity contribution in [1.82, 2.24) is 5.32 Å². The monoisotopic (exact) mass is 547 g/mol. The summed E-state index contributed by atoms with van der Waals surface area (Å²) in [5.74, 6) is 0.925. The first kappa shape index (κ1) is 29.0. The molecule has 0 aliphatic heterocycles. The summed E-state index contributed by atoms with van der Waals surface area (Å²) in [6.07, 6.45) is 1.30. The Kier molecular flexibility index (Phi) is 10.7. The molecule has 4 rings (SSSR count). The molecule has 0 aromatic heterocycles. The van der Waals surface area contributed by atoms with Crippen molar-refractivity contribution < 1.29 is 24.5 Å². The minimum Gasteiger partial charge on any atom is -0.508 e. The normalized spacial score (nSPS) is 10.2. The minimum absolute atomic E-state index is 0.0586. The zero-order valence-corrected chi connectivity index (χ0v) is 22.1. The number of methoxy groups -OCH3 is 1. The number of hydrogen-bond donors (Lipinski definition) is 5. The lowest BCUT2D eigenvalue weighted by molar-refractivity contribution is 0.1000. The summed E-state index contributed by atoms with van der Waals surface area (Å²) in [4.78, 5) is 10.5. The van der Waals surface area contributed by atoms with E-state index < -0.39 is 5.91 Å². The van der Waals surface area contributed by atoms with E-state index in [4.69, 9.17) is 37.3 Å². The Morgan fingerprint density at radius 1 is 1.03 bits per heavy atom. The maximum Gasteiger partial charge on any atom is 0.248 e. The van der Waals surface area contributed by atoms with Crippen molar-refractivity contribution in [3.05, 3.63) is 107 Å². The molecule has 0 bridgehead atoms. The third-order valence-electron chi connectivity index (χ3n) is 5.57. The quantitative estimate of drug-likeness (QED) is 0.133. The number of rotatable bonds is 10. The third kappa shape index (κ3) is 8.49. The van der Waals surface area contributed by atoms with Crippen LogP contribution in [0.3, 0.4) is 0 Å². The van der Waals surface area contributed by atoms with Crippen molar-refractivity contribution in [2.75, 3.05) is 20.3 Å². The molecule has 1 amide bonds. The number of phenols is 2. The SMILES string of the molecule is COc1cc(C=N)cc(-c2ccccc2)c1OCCNCc1ccc(O)cc1.NC(=O)c1ccc(O)c(Cl)c1. The van der Waals surface area contributed by atoms with Crippen LogP contribution >= 0.6 is 11.6 Å². The van der Waals surface area contributed by atoms with E-state index in [1.54, 1.807) is 25.3 Å². The van der Waals surface area contributed by atoms with Gasteiger partial charge in [-0.1, -0.05) is 54.1 Å². The van der Waals surface area contributed by atoms with Crippen LogP contribution in [-0.4, -0.2) is 42.6 Å². The van der Waals surface area contributed by atoms with Crippen molar-refractivity contribution in [1.29, 1.82) is 5.41 Å². The van der Waals surface area contributed by atoms with Crippen molar-refractivity contribution in [3.8, 4) is 34.1 Å². The molecule has 0 unspecified atom stereocenters. The molecular formula is C30H30ClN3O5. The van der Waals surface area contributed by atoms with E-state index in [2.05, 4.69) is 5.32 Å². The van der Waals surface area contributed by atoms with Crippen LogP contribution in [0.5, 0.6) is 23.0 Å². The lowest BCUT2D eigenvalue weighted by Crippen LogP contribution is -2.20. The summed E-state index contributed by atoms with van der Waals surface area (Å²) in [7, 11) is 1.60. The first-order valence-electron chi connectivity index (χ1n) is 12.0. The zero-order valence-electron chi connectivity index (χ0n) is 21.4. The van der Waals surface area contributed by atoms with Crippen molar-refractivity contribution in [3.63, 3.8) is 0 Å². The van der Waals surface area contributed by atoms with Gasteiger partial charge in [-0.05, 0) is 59.2 Å². The summed E-state index contributed by atoms with van der Waals surface area (Å²) in [5, 5.41) is 29.3. The number of nitrogens with two attached hydrogens (primary N) is 1. The van der Waals surface area contributed by atoms with E-state index in [1.165, 1.54) is 24.4 Å². The number of amides is 1. The Morgan fingerprint density at radius 2 is 1.74 bits per heavy atom. The molecular weight excluding hydrogens is 518 g/mol. The van der Waals surface area contributed by atoms with Crippen LogP contribution in [0.2, 0.25) is 5.02 Å². The van der Waals surface area contributed by atoms with Gasteiger partial charge in [-0.25, -0.2) is 0 Å². The van der Waals surface area contributed by atoms with Gasteiger partial charge in [0.1, 0.15) is 18.1 Å². The van der Waals surface area contributed by atoms with E-state index in [0.29, 0.717) is 31.2 Å². The first-order valence-corrected chi connectivity index (χ1v) is 12.4. The molecule has 9 heteroatoms. The van der Waals surface area contributed by atoms with Gasteiger partial charge in [0.25, 0.3) is 0 Å². The smallest absolute Gasteiger partial charge is 0.248 e. The van der Waals surface area contributed by atoms with Gasteiger partial charge in [0, 0.05) is 30.4 Å². The summed E-state index contributed by atoms with van der Waals surface area (Å²) in [6.45, 7) is 1.82. The number of primary amides is 1. The summed E-state index contributed by atoms with van der Waals surface area (Å²) in [5.41, 5.74) is 9.00. The van der Waals surface area contributed by atoms with Crippen LogP contribution in [0, 0.1) is 5.41 Å². The second kappa shape index (κ2) is 14.4. The fraction of sp³-hybridized carbons (Fsp3) is 0.133. The Labute approximate surface area is 232 Å². The molecule has 0 aliphatic carbocycles. The number of halogens is 1. The van der Waals surface area contributed by atoms with Gasteiger partial charge in [-0.2, -0.15) is 0 Å². The Hall–Kier alpha value is -4.53. The van der Waals surface area contributed by atoms with E-state index in [9.17, 15) is 9.90 Å². The average Bonchev–Trinajstić information content (AvgIpc) is 2.95. The van der Waals surface area contributed by atoms with Crippen molar-refractivity contribution in [2.24, 2.45) is 5.73 Å². The van der Waals surface area contributed by atoms with E-state index in [-0.39, 0.29) is 22.1 Å². The van der Waals surface area contributed by atoms with Crippen LogP contribution in [0.4, 0.5) is 0 Å². The van der Waals surface area contributed by atoms with E-state index >= 15 is 0 Å². The molecule has 4 aromatic rings. The highest BCUT2D eigenvalue weighted by atomic mass is 35.5. The van der Waals surface area contributed by atoms with Gasteiger partial charge < -0.3 is 36.1 Å². The number of hydrogen-bond acceptors (Lipinski definition) is 7. The highest BCUT2D eigenvalue weighted by Gasteiger charge is 2.14. The molecule has 39 heavy (non-hydrogen) atoms. The molecule has 0 saturated heterocycles. The molecule has 0 radical (unpaired) electrons. The predicted molar refractivity (Wildman–Crippen MR) is 153 cm³/mol. The number of benzene rings is 4. The number of ether oxygens (including phenoxy) is 2. The Balaban J connectivity index is 0.000000320. The minimum atomic E-state index is -0.563. The second-order valence-electron chi connectivity index (χ2n) is 8.33. The van der Waals surface area contributed by atoms with Gasteiger partial charge >= 0.3 is 0 Å². The van der Waals surface area contributed by atoms with Gasteiger partial charge in [-0.15, -0.1) is 0 Å². The molecule has 0 saturated carbocycles. The van der Waals surface area contributed by atoms with Crippen LogP contribution in [0.25, 0.3) is 11.1 Å². The molecule has 0 fully saturated rings. The highest BCUT2D eigenvalue weighted by molar-refractivity contribution is 6.32. The lowest BCUT2D eigenvalue weighted by Gasteiger charge is -2.17. The predicted octanol–water partition coefficient (Wildman–Crippen LogP) is 5.38. The number of phenolic OH excluding ortho intramolecular Hbond substituents is 2. The summed E-state index contributed by atoms with van der Waals surface area (Å²) < 4.78 is 11.6. The van der Waals surface area contributed by atoms with Gasteiger partial charge in [0.15, 0.2) is 11.5 Å². The Bertz CT molecular complexity index is 1400. The standard InChI is InChI=1S/C23H24N2O3.C7H6ClNO2/c1-27-22-14-18(15-24)13-21(19-5-3-2-4-6-19)23(22)28-12-11-25-16-17-7-9-20(26)10-8-17;8-5-3-4(7(9)11)1-2-6(5)10/h2-10,13-15,24-26H,11-12,16H2,1H3;1-3,10H,(H2,9,11). The van der Waals surface area contributed by atoms with Gasteiger partial charge in [0.05, 0.1) is 12.1 Å². The molecule has 0 atom stereocenters. The van der Waals surface area contributed by atoms with E-state index in [1.807, 2.05) is 48.5 Å². The van der Waals surface area contributed by atoms with Gasteiger partial charge in [-0.3, -0.25) is 4.79 Å². The van der Waals surface area contributed by atoms with Crippen LogP contribution < -0.4 is 20.5 Å². The Morgan fingerprint density at radius 3 is 2.36 bits per heavy atom. The zero-order chi connectivity index (χ0) is 28.2. The van der Waals surface area contributed by atoms with Crippen LogP contribution in [-0.2, 0) is 6.54 Å². The number of aromatic hydroxyl groups is 2. The molecule has 0 spiro atoms. The molecule has 8 nitrogen and oxygen atoms in total. The lowest BCUT2D eigenvalue weighted by atomic mass is 10.0. The third-order valence-corrected chi connectivity index (χ3v) is 5.87. The molecule has 0 heterocycles. The number of carbonyl (C=O) groups is 1. The second-order valence-corrected chi connectivity index (χ2v) is 8.74. The van der Waals surface area contributed by atoms with Gasteiger partial charge in [0.2, 0.25) is 5.91 Å². The maximum absolute atomic E-state index is 10.5. The van der Waals surface area contributed by atoms with Crippen LogP contribution in [0.1, 0.15) is 21.5 Å². The first-order chi connectivity index (χ1) is 18.8. The van der Waals surface area contributed by atoms with Crippen LogP contribution in [0.15, 0.2) is 84.9 Å². The summed E-state index contributed by atoms with van der Waals surface area (Å²) in [6, 6.07) is 24.8. The molecule has 6 N–H and O–H groups in total. The van der Waals surface area contributed by atoms with E-state index in [0.717, 1.165) is 22.3 Å². The molecule has 0 aliphatic rings. The summed E-state index contributed by atoms with van der Waals surface area (Å²) >= 11 is 5.50. The maximum atomic E-state index is 10.5. The highest BCUT2D eigenvalue weighted by Crippen LogP contribution is 2.39. The average molecular weight is 548 g/mol.